The van der Waals surface area contributed by atoms with Gasteiger partial charge in [0.05, 0.1) is 12.1 Å². The number of aromatic amines is 1. The number of aromatic nitrogens is 3. The monoisotopic (exact) mass is 379 g/mol. The minimum Gasteiger partial charge on any atom is -0.369 e. The molecule has 0 unspecified atom stereocenters. The lowest BCUT2D eigenvalue weighted by Gasteiger charge is -2.22. The Hall–Kier alpha value is -2.58. The highest BCUT2D eigenvalue weighted by molar-refractivity contribution is 5.94. The molecule has 27 heavy (non-hydrogen) atoms. The topological polar surface area (TPSA) is 73.9 Å². The summed E-state index contributed by atoms with van der Waals surface area (Å²) in [6, 6.07) is 1.66. The molecule has 1 aliphatic heterocycles. The molecule has 0 atom stereocenters. The van der Waals surface area contributed by atoms with Crippen LogP contribution in [-0.4, -0.2) is 51.6 Å². The normalized spacial score (nSPS) is 16.1. The van der Waals surface area contributed by atoms with Gasteiger partial charge in [0.1, 0.15) is 17.8 Å². The quantitative estimate of drug-likeness (QED) is 0.808. The molecule has 4 rings (SSSR count). The number of halogens is 3. The van der Waals surface area contributed by atoms with Crippen molar-refractivity contribution in [1.82, 2.24) is 19.9 Å². The molecule has 144 valence electrons. The van der Waals surface area contributed by atoms with E-state index in [2.05, 4.69) is 20.3 Å². The van der Waals surface area contributed by atoms with Gasteiger partial charge in [-0.2, -0.15) is 13.2 Å². The Balaban J connectivity index is 1.54. The number of nitrogens with zero attached hydrogens (tertiary/aromatic N) is 3. The average molecular weight is 379 g/mol. The van der Waals surface area contributed by atoms with Crippen LogP contribution in [0.4, 0.5) is 19.0 Å². The van der Waals surface area contributed by atoms with Crippen molar-refractivity contribution in [2.75, 3.05) is 25.0 Å². The second-order valence-electron chi connectivity index (χ2n) is 7.09. The molecule has 1 amide bonds. The fourth-order valence-corrected chi connectivity index (χ4v) is 3.33. The van der Waals surface area contributed by atoms with Gasteiger partial charge in [-0.15, -0.1) is 0 Å². The first-order valence-corrected chi connectivity index (χ1v) is 9.03. The standard InChI is InChI=1S/C18H20F3N5O/c19-18(20,21)4-6-26(9-11-1-2-11)17(27)14-7-12(8-23-14)15-13-3-5-22-16(13)25-10-24-15/h7-8,10-11,23H,1-6,9H2,(H,22,24,25). The van der Waals surface area contributed by atoms with Gasteiger partial charge >= 0.3 is 6.18 Å². The third-order valence-corrected chi connectivity index (χ3v) is 4.93. The van der Waals surface area contributed by atoms with Crippen molar-refractivity contribution in [3.8, 4) is 11.3 Å². The Bertz CT molecular complexity index is 844. The first-order chi connectivity index (χ1) is 12.9. The number of anilines is 1. The van der Waals surface area contributed by atoms with Crippen LogP contribution in [0.15, 0.2) is 18.6 Å². The van der Waals surface area contributed by atoms with Crippen LogP contribution in [0.5, 0.6) is 0 Å². The molecule has 6 nitrogen and oxygen atoms in total. The molecule has 9 heteroatoms. The summed E-state index contributed by atoms with van der Waals surface area (Å²) in [5.41, 5.74) is 2.75. The maximum absolute atomic E-state index is 12.8. The minimum absolute atomic E-state index is 0.283. The number of hydrogen-bond donors (Lipinski definition) is 2. The van der Waals surface area contributed by atoms with E-state index >= 15 is 0 Å². The zero-order valence-electron chi connectivity index (χ0n) is 14.6. The van der Waals surface area contributed by atoms with Crippen LogP contribution in [0.2, 0.25) is 0 Å². The van der Waals surface area contributed by atoms with E-state index in [-0.39, 0.29) is 12.2 Å². The maximum atomic E-state index is 12.8. The molecular weight excluding hydrogens is 359 g/mol. The van der Waals surface area contributed by atoms with Crippen molar-refractivity contribution in [3.05, 3.63) is 29.8 Å². The summed E-state index contributed by atoms with van der Waals surface area (Å²) in [4.78, 5) is 25.5. The van der Waals surface area contributed by atoms with Gasteiger partial charge in [0.2, 0.25) is 0 Å². The van der Waals surface area contributed by atoms with Gasteiger partial charge < -0.3 is 15.2 Å². The molecule has 0 spiro atoms. The Labute approximate surface area is 154 Å². The smallest absolute Gasteiger partial charge is 0.369 e. The molecule has 3 heterocycles. The number of hydrogen-bond acceptors (Lipinski definition) is 4. The number of fused-ring (bicyclic) bond motifs is 1. The molecular formula is C18H20F3N5O. The third-order valence-electron chi connectivity index (χ3n) is 4.93. The molecule has 1 aliphatic carbocycles. The van der Waals surface area contributed by atoms with Crippen molar-refractivity contribution >= 4 is 11.7 Å². The lowest BCUT2D eigenvalue weighted by Crippen LogP contribution is -2.36. The molecule has 1 fully saturated rings. The SMILES string of the molecule is O=C(c1cc(-c2ncnc3c2CCN3)c[nH]1)N(CCC(F)(F)F)CC1CC1. The molecule has 2 aromatic rings. The summed E-state index contributed by atoms with van der Waals surface area (Å²) in [5, 5.41) is 3.17. The molecule has 2 aromatic heterocycles. The molecule has 1 saturated carbocycles. The number of carbonyl (C=O) groups is 1. The highest BCUT2D eigenvalue weighted by Gasteiger charge is 2.32. The Morgan fingerprint density at radius 1 is 1.30 bits per heavy atom. The lowest BCUT2D eigenvalue weighted by atomic mass is 10.1. The number of rotatable bonds is 6. The van der Waals surface area contributed by atoms with Gasteiger partial charge in [-0.25, -0.2) is 9.97 Å². The van der Waals surface area contributed by atoms with Crippen LogP contribution in [0.25, 0.3) is 11.3 Å². The van der Waals surface area contributed by atoms with Crippen LogP contribution in [0.1, 0.15) is 35.3 Å². The second-order valence-corrected chi connectivity index (χ2v) is 7.09. The van der Waals surface area contributed by atoms with Gasteiger partial charge in [-0.05, 0) is 31.2 Å². The number of nitrogens with one attached hydrogen (secondary N) is 2. The summed E-state index contributed by atoms with van der Waals surface area (Å²) in [6.07, 6.45) is 0.579. The van der Waals surface area contributed by atoms with Gasteiger partial charge in [-0.3, -0.25) is 4.79 Å². The van der Waals surface area contributed by atoms with Gasteiger partial charge in [0.15, 0.2) is 0 Å². The number of amides is 1. The van der Waals surface area contributed by atoms with E-state index < -0.39 is 18.5 Å². The molecule has 0 aromatic carbocycles. The van der Waals surface area contributed by atoms with E-state index in [4.69, 9.17) is 0 Å². The zero-order chi connectivity index (χ0) is 19.0. The largest absolute Gasteiger partial charge is 0.390 e. The Kier molecular flexibility index (Phi) is 4.53. The van der Waals surface area contributed by atoms with E-state index in [9.17, 15) is 18.0 Å². The zero-order valence-corrected chi connectivity index (χ0v) is 14.6. The molecule has 0 bridgehead atoms. The summed E-state index contributed by atoms with van der Waals surface area (Å²) < 4.78 is 37.9. The van der Waals surface area contributed by atoms with Gasteiger partial charge in [0, 0.05) is 37.0 Å². The van der Waals surface area contributed by atoms with Crippen molar-refractivity contribution in [1.29, 1.82) is 0 Å². The first kappa shape index (κ1) is 17.8. The van der Waals surface area contributed by atoms with Crippen molar-refractivity contribution < 1.29 is 18.0 Å². The van der Waals surface area contributed by atoms with Gasteiger partial charge in [0.25, 0.3) is 5.91 Å². The van der Waals surface area contributed by atoms with Gasteiger partial charge in [-0.1, -0.05) is 0 Å². The van der Waals surface area contributed by atoms with Crippen LogP contribution in [-0.2, 0) is 6.42 Å². The van der Waals surface area contributed by atoms with E-state index in [0.717, 1.165) is 48.4 Å². The van der Waals surface area contributed by atoms with Crippen LogP contribution >= 0.6 is 0 Å². The fraction of sp³-hybridized carbons (Fsp3) is 0.500. The predicted octanol–water partition coefficient (Wildman–Crippen LogP) is 3.24. The summed E-state index contributed by atoms with van der Waals surface area (Å²) in [7, 11) is 0. The van der Waals surface area contributed by atoms with E-state index in [1.165, 1.54) is 11.2 Å². The Morgan fingerprint density at radius 2 is 2.11 bits per heavy atom. The Morgan fingerprint density at radius 3 is 2.85 bits per heavy atom. The average Bonchev–Trinajstić information content (AvgIpc) is 3.11. The number of alkyl halides is 3. The van der Waals surface area contributed by atoms with Crippen molar-refractivity contribution in [2.45, 2.75) is 31.9 Å². The van der Waals surface area contributed by atoms with Crippen LogP contribution in [0.3, 0.4) is 0 Å². The number of carbonyl (C=O) groups excluding carboxylic acids is 1. The highest BCUT2D eigenvalue weighted by atomic mass is 19.4. The number of H-pyrrole nitrogens is 1. The summed E-state index contributed by atoms with van der Waals surface area (Å²) in [5.74, 6) is 0.698. The minimum atomic E-state index is -4.28. The van der Waals surface area contributed by atoms with Crippen LogP contribution in [0, 0.1) is 5.92 Å². The maximum Gasteiger partial charge on any atom is 0.390 e. The first-order valence-electron chi connectivity index (χ1n) is 9.03. The molecule has 0 radical (unpaired) electrons. The van der Waals surface area contributed by atoms with Crippen molar-refractivity contribution in [3.63, 3.8) is 0 Å². The van der Waals surface area contributed by atoms with Crippen molar-refractivity contribution in [2.24, 2.45) is 5.92 Å². The third kappa shape index (κ3) is 4.06. The molecule has 2 aliphatic rings. The summed E-state index contributed by atoms with van der Waals surface area (Å²) in [6.45, 7) is 0.833. The van der Waals surface area contributed by atoms with E-state index in [0.29, 0.717) is 12.5 Å². The fourth-order valence-electron chi connectivity index (χ4n) is 3.33. The molecule has 0 saturated heterocycles. The highest BCUT2D eigenvalue weighted by Crippen LogP contribution is 2.32. The second kappa shape index (κ2) is 6.86. The molecule has 2 N–H and O–H groups in total. The summed E-state index contributed by atoms with van der Waals surface area (Å²) >= 11 is 0. The van der Waals surface area contributed by atoms with E-state index in [1.807, 2.05) is 0 Å². The lowest BCUT2D eigenvalue weighted by molar-refractivity contribution is -0.136. The van der Waals surface area contributed by atoms with Crippen LogP contribution < -0.4 is 5.32 Å². The van der Waals surface area contributed by atoms with E-state index in [1.54, 1.807) is 12.3 Å². The predicted molar refractivity (Wildman–Crippen MR) is 93.3 cm³/mol.